The molecule has 0 aliphatic heterocycles. The first-order chi connectivity index (χ1) is 12.6. The topological polar surface area (TPSA) is 47.5 Å². The molecule has 8 heteroatoms. The first-order valence-corrected chi connectivity index (χ1v) is 8.66. The van der Waals surface area contributed by atoms with Gasteiger partial charge >= 0.3 is 6.18 Å². The number of hydrogen-bond donors (Lipinski definition) is 0. The Hall–Kier alpha value is -2.51. The zero-order valence-corrected chi connectivity index (χ0v) is 16.0. The molecule has 27 heavy (non-hydrogen) atoms. The van der Waals surface area contributed by atoms with Gasteiger partial charge in [-0.2, -0.15) is 18.2 Å². The maximum absolute atomic E-state index is 13.2. The molecule has 0 fully saturated rings. The van der Waals surface area contributed by atoms with Crippen LogP contribution in [0.1, 0.15) is 33.3 Å². The average molecular weight is 383 g/mol. The number of anilines is 2. The van der Waals surface area contributed by atoms with Crippen LogP contribution >= 0.6 is 0 Å². The van der Waals surface area contributed by atoms with E-state index in [1.807, 2.05) is 33.8 Å². The van der Waals surface area contributed by atoms with Crippen molar-refractivity contribution >= 4 is 11.6 Å². The summed E-state index contributed by atoms with van der Waals surface area (Å²) in [6.45, 7) is 7.60. The van der Waals surface area contributed by atoms with Crippen molar-refractivity contribution in [1.29, 1.82) is 0 Å². The summed E-state index contributed by atoms with van der Waals surface area (Å²) in [6.07, 6.45) is -3.90. The molecular weight excluding hydrogens is 359 g/mol. The predicted molar refractivity (Wildman–Crippen MR) is 97.6 cm³/mol. The van der Waals surface area contributed by atoms with E-state index in [4.69, 9.17) is 9.47 Å². The van der Waals surface area contributed by atoms with Gasteiger partial charge in [-0.3, -0.25) is 0 Å². The minimum atomic E-state index is -4.60. The second kappa shape index (κ2) is 8.45. The smallest absolute Gasteiger partial charge is 0.423 e. The van der Waals surface area contributed by atoms with Crippen LogP contribution in [0.4, 0.5) is 24.8 Å². The van der Waals surface area contributed by atoms with Gasteiger partial charge in [-0.15, -0.1) is 0 Å². The first kappa shape index (κ1) is 20.8. The molecule has 0 saturated carbocycles. The lowest BCUT2D eigenvalue weighted by Crippen LogP contribution is -2.19. The van der Waals surface area contributed by atoms with Crippen LogP contribution in [0.25, 0.3) is 0 Å². The van der Waals surface area contributed by atoms with Gasteiger partial charge in [-0.25, -0.2) is 4.98 Å². The van der Waals surface area contributed by atoms with Crippen molar-refractivity contribution in [3.63, 3.8) is 0 Å². The molecule has 0 radical (unpaired) electrons. The zero-order chi connectivity index (χ0) is 20.2. The van der Waals surface area contributed by atoms with Gasteiger partial charge in [0, 0.05) is 13.2 Å². The molecule has 2 aromatic rings. The minimum Gasteiger partial charge on any atom is -0.489 e. The number of halogens is 3. The van der Waals surface area contributed by atoms with E-state index in [2.05, 4.69) is 9.97 Å². The maximum atomic E-state index is 13.2. The second-order valence-electron chi connectivity index (χ2n) is 6.78. The Morgan fingerprint density at radius 1 is 1.11 bits per heavy atom. The number of rotatable bonds is 7. The lowest BCUT2D eigenvalue weighted by Gasteiger charge is -2.23. The number of hydrogen-bond acceptors (Lipinski definition) is 5. The van der Waals surface area contributed by atoms with Crippen molar-refractivity contribution in [3.05, 3.63) is 36.0 Å². The largest absolute Gasteiger partial charge is 0.489 e. The highest BCUT2D eigenvalue weighted by molar-refractivity contribution is 5.65. The number of aromatic nitrogens is 2. The summed E-state index contributed by atoms with van der Waals surface area (Å²) in [5, 5.41) is 0. The van der Waals surface area contributed by atoms with Gasteiger partial charge in [0.2, 0.25) is 11.8 Å². The molecule has 0 spiro atoms. The molecule has 0 bridgehead atoms. The third kappa shape index (κ3) is 5.48. The van der Waals surface area contributed by atoms with Crippen molar-refractivity contribution in [2.75, 3.05) is 18.6 Å². The molecule has 0 saturated heterocycles. The van der Waals surface area contributed by atoms with Crippen LogP contribution in [0.2, 0.25) is 0 Å². The summed E-state index contributed by atoms with van der Waals surface area (Å²) in [7, 11) is 1.66. The quantitative estimate of drug-likeness (QED) is 0.667. The molecule has 0 atom stereocenters. The van der Waals surface area contributed by atoms with E-state index >= 15 is 0 Å². The monoisotopic (exact) mass is 383 g/mol. The fourth-order valence-corrected chi connectivity index (χ4v) is 2.26. The average Bonchev–Trinajstić information content (AvgIpc) is 2.58. The highest BCUT2D eigenvalue weighted by atomic mass is 19.4. The van der Waals surface area contributed by atoms with Gasteiger partial charge in [0.1, 0.15) is 11.3 Å². The van der Waals surface area contributed by atoms with E-state index in [9.17, 15) is 13.2 Å². The minimum absolute atomic E-state index is 0.0574. The fraction of sp³-hybridized carbons (Fsp3) is 0.474. The van der Waals surface area contributed by atoms with Crippen LogP contribution in [0, 0.1) is 5.92 Å². The fourth-order valence-electron chi connectivity index (χ4n) is 2.26. The molecule has 1 heterocycles. The number of benzene rings is 1. The Balaban J connectivity index is 2.42. The van der Waals surface area contributed by atoms with Crippen molar-refractivity contribution < 1.29 is 22.6 Å². The van der Waals surface area contributed by atoms with Gasteiger partial charge in [0.05, 0.1) is 18.4 Å². The molecule has 148 valence electrons. The normalized spacial score (nSPS) is 11.8. The van der Waals surface area contributed by atoms with E-state index in [1.165, 1.54) is 0 Å². The third-order valence-corrected chi connectivity index (χ3v) is 3.49. The van der Waals surface area contributed by atoms with Crippen molar-refractivity contribution in [2.24, 2.45) is 5.92 Å². The number of alkyl halides is 3. The van der Waals surface area contributed by atoms with Crippen molar-refractivity contribution in [3.8, 4) is 11.6 Å². The molecule has 0 amide bonds. The summed E-state index contributed by atoms with van der Waals surface area (Å²) < 4.78 is 50.8. The van der Waals surface area contributed by atoms with Gasteiger partial charge in [0.25, 0.3) is 0 Å². The van der Waals surface area contributed by atoms with Crippen LogP contribution in [0.5, 0.6) is 11.6 Å². The Morgan fingerprint density at radius 2 is 1.78 bits per heavy atom. The van der Waals surface area contributed by atoms with Crippen LogP contribution in [-0.4, -0.2) is 29.7 Å². The first-order valence-electron chi connectivity index (χ1n) is 8.66. The molecule has 0 unspecified atom stereocenters. The summed E-state index contributed by atoms with van der Waals surface area (Å²) in [5.74, 6) is 0.252. The van der Waals surface area contributed by atoms with Gasteiger partial charge in [-0.05, 0) is 31.9 Å². The Morgan fingerprint density at radius 3 is 2.37 bits per heavy atom. The van der Waals surface area contributed by atoms with E-state index in [-0.39, 0.29) is 24.6 Å². The second-order valence-corrected chi connectivity index (χ2v) is 6.78. The van der Waals surface area contributed by atoms with Crippen molar-refractivity contribution in [2.45, 2.75) is 40.0 Å². The van der Waals surface area contributed by atoms with Gasteiger partial charge in [-0.1, -0.05) is 26.0 Å². The van der Waals surface area contributed by atoms with Crippen LogP contribution in [0.15, 0.2) is 30.5 Å². The number of nitrogens with zero attached hydrogens (tertiary/aromatic N) is 3. The lowest BCUT2D eigenvalue weighted by molar-refractivity contribution is -0.139. The standard InChI is InChI=1S/C19H24F3N3O2/c1-12(2)11-26-17-14(19(20,21)22)10-23-18(24-17)25(5)15-8-6-7-9-16(15)27-13(3)4/h6-10,12-13H,11H2,1-5H3. The van der Waals surface area contributed by atoms with Gasteiger partial charge < -0.3 is 14.4 Å². The molecule has 0 aliphatic rings. The van der Waals surface area contributed by atoms with E-state index in [0.29, 0.717) is 11.4 Å². The predicted octanol–water partition coefficient (Wildman–Crippen LogP) is 5.09. The van der Waals surface area contributed by atoms with Crippen LogP contribution in [-0.2, 0) is 6.18 Å². The molecule has 0 N–H and O–H groups in total. The van der Waals surface area contributed by atoms with E-state index in [1.54, 1.807) is 30.1 Å². The molecule has 1 aromatic heterocycles. The Labute approximate surface area is 157 Å². The summed E-state index contributed by atoms with van der Waals surface area (Å²) in [5.41, 5.74) is -0.354. The molecule has 1 aromatic carbocycles. The van der Waals surface area contributed by atoms with E-state index < -0.39 is 17.6 Å². The van der Waals surface area contributed by atoms with Crippen LogP contribution < -0.4 is 14.4 Å². The van der Waals surface area contributed by atoms with Gasteiger partial charge in [0.15, 0.2) is 0 Å². The zero-order valence-electron chi connectivity index (χ0n) is 16.0. The third-order valence-electron chi connectivity index (χ3n) is 3.49. The molecule has 2 rings (SSSR count). The summed E-state index contributed by atoms with van der Waals surface area (Å²) in [6, 6.07) is 7.19. The lowest BCUT2D eigenvalue weighted by atomic mass is 10.2. The summed E-state index contributed by atoms with van der Waals surface area (Å²) in [4.78, 5) is 9.48. The Bertz CT molecular complexity index is 764. The van der Waals surface area contributed by atoms with Crippen molar-refractivity contribution in [1.82, 2.24) is 9.97 Å². The molecule has 0 aliphatic carbocycles. The SMILES string of the molecule is CC(C)COc1nc(N(C)c2ccccc2OC(C)C)ncc1C(F)(F)F. The number of ether oxygens (including phenoxy) is 2. The highest BCUT2D eigenvalue weighted by Crippen LogP contribution is 2.37. The molecule has 5 nitrogen and oxygen atoms in total. The maximum Gasteiger partial charge on any atom is 0.423 e. The highest BCUT2D eigenvalue weighted by Gasteiger charge is 2.36. The number of para-hydroxylation sites is 2. The molecular formula is C19H24F3N3O2. The summed E-state index contributed by atoms with van der Waals surface area (Å²) >= 11 is 0. The van der Waals surface area contributed by atoms with E-state index in [0.717, 1.165) is 6.20 Å². The Kier molecular flexibility index (Phi) is 6.51. The van der Waals surface area contributed by atoms with Crippen LogP contribution in [0.3, 0.4) is 0 Å².